The molecule has 0 saturated heterocycles. The Hall–Kier alpha value is -2.07. The van der Waals surface area contributed by atoms with E-state index in [0.29, 0.717) is 0 Å². The second kappa shape index (κ2) is 5.28. The summed E-state index contributed by atoms with van der Waals surface area (Å²) in [6.07, 6.45) is 1.89. The molecule has 3 aromatic rings. The van der Waals surface area contributed by atoms with E-state index in [9.17, 15) is 0 Å². The number of nitrogens with one attached hydrogen (secondary N) is 2. The largest absolute Gasteiger partial charge is 0.381 e. The smallest absolute Gasteiger partial charge is 0.0799 e. The molecule has 0 aliphatic rings. The van der Waals surface area contributed by atoms with Gasteiger partial charge in [-0.2, -0.15) is 5.10 Å². The third-order valence-corrected chi connectivity index (χ3v) is 3.87. The number of nitrogens with zero attached hydrogens (tertiary/aromatic N) is 1. The summed E-state index contributed by atoms with van der Waals surface area (Å²) in [4.78, 5) is 1.22. The summed E-state index contributed by atoms with van der Waals surface area (Å²) in [5.74, 6) is 0. The Morgan fingerprint density at radius 2 is 2.21 bits per heavy atom. The van der Waals surface area contributed by atoms with Gasteiger partial charge in [-0.25, -0.2) is 0 Å². The van der Waals surface area contributed by atoms with Gasteiger partial charge in [0.15, 0.2) is 0 Å². The lowest BCUT2D eigenvalue weighted by molar-refractivity contribution is 1.10. The van der Waals surface area contributed by atoms with Crippen molar-refractivity contribution in [3.63, 3.8) is 0 Å². The lowest BCUT2D eigenvalue weighted by Crippen LogP contribution is -1.99. The molecule has 0 bridgehead atoms. The van der Waals surface area contributed by atoms with Gasteiger partial charge in [-0.3, -0.25) is 5.10 Å². The molecule has 2 aromatic heterocycles. The van der Waals surface area contributed by atoms with Crippen LogP contribution < -0.4 is 5.32 Å². The number of hydrogen-bond acceptors (Lipinski definition) is 3. The number of hydrogen-bond donors (Lipinski definition) is 2. The highest BCUT2D eigenvalue weighted by molar-refractivity contribution is 7.13. The molecular weight excluding hydrogens is 254 g/mol. The van der Waals surface area contributed by atoms with Crippen LogP contribution in [0.5, 0.6) is 0 Å². The first-order valence-corrected chi connectivity index (χ1v) is 7.07. The average Bonchev–Trinajstić information content (AvgIpc) is 3.07. The number of aromatic nitrogens is 2. The molecule has 0 aliphatic heterocycles. The van der Waals surface area contributed by atoms with E-state index in [1.165, 1.54) is 16.0 Å². The Bertz CT molecular complexity index is 656. The lowest BCUT2D eigenvalue weighted by atomic mass is 10.2. The number of H-pyrrole nitrogens is 1. The first kappa shape index (κ1) is 12.0. The quantitative estimate of drug-likeness (QED) is 0.750. The van der Waals surface area contributed by atoms with Crippen molar-refractivity contribution in [1.82, 2.24) is 10.2 Å². The molecule has 4 heteroatoms. The van der Waals surface area contributed by atoms with Crippen LogP contribution in [-0.4, -0.2) is 10.2 Å². The van der Waals surface area contributed by atoms with Gasteiger partial charge in [0.05, 0.1) is 16.8 Å². The summed E-state index contributed by atoms with van der Waals surface area (Å²) in [5, 5.41) is 12.7. The fourth-order valence-electron chi connectivity index (χ4n) is 2.03. The van der Waals surface area contributed by atoms with Crippen LogP contribution in [0.15, 0.2) is 48.0 Å². The first-order valence-electron chi connectivity index (χ1n) is 6.19. The topological polar surface area (TPSA) is 40.7 Å². The maximum absolute atomic E-state index is 4.15. The predicted molar refractivity (Wildman–Crippen MR) is 80.4 cm³/mol. The van der Waals surface area contributed by atoms with Crippen molar-refractivity contribution in [2.75, 3.05) is 5.32 Å². The molecule has 3 nitrogen and oxygen atoms in total. The minimum atomic E-state index is 0.771. The number of rotatable bonds is 4. The van der Waals surface area contributed by atoms with Gasteiger partial charge in [0.25, 0.3) is 0 Å². The van der Waals surface area contributed by atoms with Crippen molar-refractivity contribution < 1.29 is 0 Å². The monoisotopic (exact) mass is 269 g/mol. The zero-order chi connectivity index (χ0) is 13.1. The molecule has 0 radical (unpaired) electrons. The number of thiophene rings is 1. The van der Waals surface area contributed by atoms with E-state index < -0.39 is 0 Å². The van der Waals surface area contributed by atoms with E-state index in [1.807, 2.05) is 6.20 Å². The Balaban J connectivity index is 1.76. The van der Waals surface area contributed by atoms with Crippen molar-refractivity contribution in [1.29, 1.82) is 0 Å². The minimum absolute atomic E-state index is 0.771. The van der Waals surface area contributed by atoms with E-state index in [0.717, 1.165) is 17.9 Å². The Labute approximate surface area is 116 Å². The first-order chi connectivity index (χ1) is 9.33. The van der Waals surface area contributed by atoms with E-state index in [2.05, 4.69) is 64.2 Å². The van der Waals surface area contributed by atoms with Gasteiger partial charge < -0.3 is 5.32 Å². The van der Waals surface area contributed by atoms with Gasteiger partial charge >= 0.3 is 0 Å². The van der Waals surface area contributed by atoms with Gasteiger partial charge in [-0.1, -0.05) is 18.2 Å². The summed E-state index contributed by atoms with van der Waals surface area (Å²) >= 11 is 1.72. The van der Waals surface area contributed by atoms with Crippen LogP contribution in [0.25, 0.3) is 10.6 Å². The fraction of sp³-hybridized carbons (Fsp3) is 0.133. The number of anilines is 1. The van der Waals surface area contributed by atoms with E-state index in [4.69, 9.17) is 0 Å². The van der Waals surface area contributed by atoms with E-state index in [1.54, 1.807) is 11.3 Å². The number of aromatic amines is 1. The molecule has 0 unspecified atom stereocenters. The minimum Gasteiger partial charge on any atom is -0.381 e. The highest BCUT2D eigenvalue weighted by atomic mass is 32.1. The highest BCUT2D eigenvalue weighted by Crippen LogP contribution is 2.26. The zero-order valence-electron chi connectivity index (χ0n) is 10.7. The van der Waals surface area contributed by atoms with Crippen LogP contribution in [0, 0.1) is 6.92 Å². The summed E-state index contributed by atoms with van der Waals surface area (Å²) in [7, 11) is 0. The van der Waals surface area contributed by atoms with Crippen molar-refractivity contribution in [2.45, 2.75) is 13.5 Å². The van der Waals surface area contributed by atoms with E-state index in [-0.39, 0.29) is 0 Å². The van der Waals surface area contributed by atoms with E-state index >= 15 is 0 Å². The Kier molecular flexibility index (Phi) is 3.33. The average molecular weight is 269 g/mol. The fourth-order valence-corrected chi connectivity index (χ4v) is 2.79. The van der Waals surface area contributed by atoms with Crippen LogP contribution >= 0.6 is 11.3 Å². The third kappa shape index (κ3) is 2.69. The standard InChI is InChI=1S/C15H15N3S/c1-11-4-2-5-13(8-11)16-9-12-10-17-18-15(12)14-6-3-7-19-14/h2-8,10,16H,9H2,1H3,(H,17,18). The summed E-state index contributed by atoms with van der Waals surface area (Å²) in [6, 6.07) is 12.5. The summed E-state index contributed by atoms with van der Waals surface area (Å²) in [6.45, 7) is 2.87. The normalized spacial score (nSPS) is 10.6. The predicted octanol–water partition coefficient (Wildman–Crippen LogP) is 4.06. The van der Waals surface area contributed by atoms with Crippen molar-refractivity contribution in [2.24, 2.45) is 0 Å². The molecule has 0 fully saturated rings. The number of aryl methyl sites for hydroxylation is 1. The SMILES string of the molecule is Cc1cccc(NCc2cn[nH]c2-c2cccs2)c1. The molecule has 1 aromatic carbocycles. The third-order valence-electron chi connectivity index (χ3n) is 2.99. The van der Waals surface area contributed by atoms with Gasteiger partial charge in [0.1, 0.15) is 0 Å². The molecule has 0 amide bonds. The second-order valence-corrected chi connectivity index (χ2v) is 5.42. The van der Waals surface area contributed by atoms with Gasteiger partial charge in [-0.05, 0) is 36.1 Å². The molecule has 19 heavy (non-hydrogen) atoms. The Morgan fingerprint density at radius 1 is 1.26 bits per heavy atom. The molecule has 2 N–H and O–H groups in total. The molecule has 0 aliphatic carbocycles. The zero-order valence-corrected chi connectivity index (χ0v) is 11.5. The van der Waals surface area contributed by atoms with Gasteiger partial charge in [0.2, 0.25) is 0 Å². The van der Waals surface area contributed by atoms with Crippen molar-refractivity contribution in [3.8, 4) is 10.6 Å². The maximum Gasteiger partial charge on any atom is 0.0799 e. The molecule has 3 rings (SSSR count). The summed E-state index contributed by atoms with van der Waals surface area (Å²) in [5.41, 5.74) is 4.69. The number of benzene rings is 1. The molecule has 0 saturated carbocycles. The van der Waals surface area contributed by atoms with Crippen LogP contribution in [-0.2, 0) is 6.54 Å². The summed E-state index contributed by atoms with van der Waals surface area (Å²) < 4.78 is 0. The Morgan fingerprint density at radius 3 is 3.00 bits per heavy atom. The molecule has 0 spiro atoms. The van der Waals surface area contributed by atoms with Crippen LogP contribution in [0.3, 0.4) is 0 Å². The van der Waals surface area contributed by atoms with Gasteiger partial charge in [0, 0.05) is 17.8 Å². The maximum atomic E-state index is 4.15. The van der Waals surface area contributed by atoms with Crippen molar-refractivity contribution >= 4 is 17.0 Å². The molecule has 96 valence electrons. The van der Waals surface area contributed by atoms with Crippen LogP contribution in [0.1, 0.15) is 11.1 Å². The molecule has 2 heterocycles. The lowest BCUT2D eigenvalue weighted by Gasteiger charge is -2.07. The van der Waals surface area contributed by atoms with Crippen LogP contribution in [0.2, 0.25) is 0 Å². The highest BCUT2D eigenvalue weighted by Gasteiger charge is 2.08. The second-order valence-electron chi connectivity index (χ2n) is 4.47. The van der Waals surface area contributed by atoms with Gasteiger partial charge in [-0.15, -0.1) is 11.3 Å². The molecular formula is C15H15N3S. The molecule has 0 atom stereocenters. The van der Waals surface area contributed by atoms with Crippen molar-refractivity contribution in [3.05, 3.63) is 59.1 Å². The van der Waals surface area contributed by atoms with Crippen LogP contribution in [0.4, 0.5) is 5.69 Å².